The van der Waals surface area contributed by atoms with E-state index in [1.165, 1.54) is 11.8 Å². The molecule has 0 radical (unpaired) electrons. The van der Waals surface area contributed by atoms with E-state index in [-0.39, 0.29) is 18.1 Å². The lowest BCUT2D eigenvalue weighted by atomic mass is 9.95. The molecule has 3 aliphatic heterocycles. The van der Waals surface area contributed by atoms with Gasteiger partial charge in [-0.1, -0.05) is 0 Å². The van der Waals surface area contributed by atoms with E-state index in [1.54, 1.807) is 6.07 Å². The maximum Gasteiger partial charge on any atom is 0.253 e. The number of rotatable bonds is 2. The molecule has 1 aromatic rings. The van der Waals surface area contributed by atoms with Gasteiger partial charge < -0.3 is 19.7 Å². The lowest BCUT2D eigenvalue weighted by Gasteiger charge is -2.34. The van der Waals surface area contributed by atoms with E-state index in [1.807, 2.05) is 17.0 Å². The quantitative estimate of drug-likeness (QED) is 0.885. The van der Waals surface area contributed by atoms with E-state index in [4.69, 9.17) is 9.47 Å². The Morgan fingerprint density at radius 3 is 2.71 bits per heavy atom. The minimum Gasteiger partial charge on any atom is -0.350 e. The number of hydrogen-bond donors (Lipinski definition) is 1. The van der Waals surface area contributed by atoms with Crippen molar-refractivity contribution < 1.29 is 19.1 Å². The van der Waals surface area contributed by atoms with Crippen LogP contribution in [0.15, 0.2) is 23.1 Å². The number of piperidine rings is 1. The smallest absolute Gasteiger partial charge is 0.253 e. The molecule has 0 spiro atoms. The number of carbonyl (C=O) groups is 2. The fraction of sp³-hybridized carbons (Fsp3) is 0.529. The molecule has 6 nitrogen and oxygen atoms in total. The van der Waals surface area contributed by atoms with Gasteiger partial charge in [-0.15, -0.1) is 11.8 Å². The second kappa shape index (κ2) is 6.74. The number of likely N-dealkylation sites (tertiary alicyclic amines) is 1. The summed E-state index contributed by atoms with van der Waals surface area (Å²) in [4.78, 5) is 27.2. The summed E-state index contributed by atoms with van der Waals surface area (Å²) in [6.45, 7) is 2.77. The summed E-state index contributed by atoms with van der Waals surface area (Å²) in [7, 11) is 0. The van der Waals surface area contributed by atoms with Gasteiger partial charge in [-0.2, -0.15) is 0 Å². The normalized spacial score (nSPS) is 22.3. The van der Waals surface area contributed by atoms with Crippen molar-refractivity contribution in [3.63, 3.8) is 0 Å². The van der Waals surface area contributed by atoms with Gasteiger partial charge >= 0.3 is 0 Å². The molecule has 0 aliphatic carbocycles. The van der Waals surface area contributed by atoms with E-state index < -0.39 is 0 Å². The number of amides is 2. The summed E-state index contributed by atoms with van der Waals surface area (Å²) >= 11 is 1.50. The topological polar surface area (TPSA) is 67.9 Å². The number of anilines is 1. The third-order valence-corrected chi connectivity index (χ3v) is 5.79. The second-order valence-corrected chi connectivity index (χ2v) is 7.30. The van der Waals surface area contributed by atoms with E-state index >= 15 is 0 Å². The van der Waals surface area contributed by atoms with E-state index in [0.29, 0.717) is 43.5 Å². The first-order valence-corrected chi connectivity index (χ1v) is 9.28. The number of thioether (sulfide) groups is 1. The van der Waals surface area contributed by atoms with Crippen molar-refractivity contribution in [2.24, 2.45) is 5.92 Å². The standard InChI is InChI=1S/C17H20N2O4S/c20-15-10-24-14-2-1-12(9-13(14)18-15)16(21)19-5-3-11(4-6-19)17-22-7-8-23-17/h1-2,9,11,17H,3-8,10H2,(H,18,20). The van der Waals surface area contributed by atoms with Crippen molar-refractivity contribution in [3.8, 4) is 0 Å². The van der Waals surface area contributed by atoms with Crippen LogP contribution in [0.2, 0.25) is 0 Å². The number of nitrogens with one attached hydrogen (secondary N) is 1. The van der Waals surface area contributed by atoms with Crippen LogP contribution in [0.5, 0.6) is 0 Å². The Labute approximate surface area is 144 Å². The Hall–Kier alpha value is -1.57. The van der Waals surface area contributed by atoms with E-state index in [2.05, 4.69) is 5.32 Å². The van der Waals surface area contributed by atoms with Crippen molar-refractivity contribution in [2.45, 2.75) is 24.0 Å². The fourth-order valence-corrected chi connectivity index (χ4v) is 4.21. The molecule has 3 aliphatic rings. The maximum atomic E-state index is 12.7. The summed E-state index contributed by atoms with van der Waals surface area (Å²) in [5.41, 5.74) is 1.37. The van der Waals surface area contributed by atoms with Crippen LogP contribution in [0.1, 0.15) is 23.2 Å². The second-order valence-electron chi connectivity index (χ2n) is 6.29. The molecule has 2 fully saturated rings. The van der Waals surface area contributed by atoms with Crippen molar-refractivity contribution >= 4 is 29.3 Å². The molecule has 1 N–H and O–H groups in total. The number of hydrogen-bond acceptors (Lipinski definition) is 5. The van der Waals surface area contributed by atoms with Crippen LogP contribution in [0, 0.1) is 5.92 Å². The molecule has 0 saturated carbocycles. The zero-order valence-electron chi connectivity index (χ0n) is 13.3. The Balaban J connectivity index is 1.41. The molecular formula is C17H20N2O4S. The molecule has 1 aromatic carbocycles. The third-order valence-electron chi connectivity index (χ3n) is 4.72. The van der Waals surface area contributed by atoms with Crippen LogP contribution in [0.3, 0.4) is 0 Å². The molecule has 7 heteroatoms. The highest BCUT2D eigenvalue weighted by molar-refractivity contribution is 8.00. The number of nitrogens with zero attached hydrogens (tertiary/aromatic N) is 1. The predicted octanol–water partition coefficient (Wildman–Crippen LogP) is 1.96. The Kier molecular flexibility index (Phi) is 4.47. The lowest BCUT2D eigenvalue weighted by molar-refractivity contribution is -0.113. The van der Waals surface area contributed by atoms with Crippen LogP contribution >= 0.6 is 11.8 Å². The molecule has 0 aromatic heterocycles. The zero-order chi connectivity index (χ0) is 16.5. The SMILES string of the molecule is O=C1CSc2ccc(C(=O)N3CCC(C4OCCO4)CC3)cc2N1. The summed E-state index contributed by atoms with van der Waals surface area (Å²) < 4.78 is 11.2. The zero-order valence-corrected chi connectivity index (χ0v) is 14.1. The minimum atomic E-state index is -0.0989. The van der Waals surface area contributed by atoms with Gasteiger partial charge in [0.1, 0.15) is 0 Å². The summed E-state index contributed by atoms with van der Waals surface area (Å²) in [5, 5.41) is 2.84. The minimum absolute atomic E-state index is 0.0190. The predicted molar refractivity (Wildman–Crippen MR) is 90.1 cm³/mol. The van der Waals surface area contributed by atoms with Gasteiger partial charge in [0.2, 0.25) is 5.91 Å². The number of ether oxygens (including phenoxy) is 2. The van der Waals surface area contributed by atoms with Crippen LogP contribution in [0.25, 0.3) is 0 Å². The molecule has 2 saturated heterocycles. The molecule has 0 unspecified atom stereocenters. The van der Waals surface area contributed by atoms with Gasteiger partial charge in [0.05, 0.1) is 24.7 Å². The number of benzene rings is 1. The molecule has 24 heavy (non-hydrogen) atoms. The van der Waals surface area contributed by atoms with Crippen LogP contribution in [0.4, 0.5) is 5.69 Å². The molecule has 0 bridgehead atoms. The highest BCUT2D eigenvalue weighted by Gasteiger charge is 2.32. The average molecular weight is 348 g/mol. The Morgan fingerprint density at radius 1 is 1.21 bits per heavy atom. The fourth-order valence-electron chi connectivity index (χ4n) is 3.42. The summed E-state index contributed by atoms with van der Waals surface area (Å²) in [5.74, 6) is 0.804. The Morgan fingerprint density at radius 2 is 1.96 bits per heavy atom. The molecule has 4 rings (SSSR count). The van der Waals surface area contributed by atoms with Crippen molar-refractivity contribution in [1.82, 2.24) is 4.90 Å². The first-order valence-electron chi connectivity index (χ1n) is 8.30. The van der Waals surface area contributed by atoms with E-state index in [0.717, 1.165) is 23.4 Å². The lowest BCUT2D eigenvalue weighted by Crippen LogP contribution is -2.41. The van der Waals surface area contributed by atoms with Crippen LogP contribution in [-0.2, 0) is 14.3 Å². The monoisotopic (exact) mass is 348 g/mol. The number of carbonyl (C=O) groups excluding carboxylic acids is 2. The highest BCUT2D eigenvalue weighted by Crippen LogP contribution is 2.33. The van der Waals surface area contributed by atoms with Crippen molar-refractivity contribution in [2.75, 3.05) is 37.4 Å². The molecule has 0 atom stereocenters. The van der Waals surface area contributed by atoms with Crippen LogP contribution in [-0.4, -0.2) is 55.1 Å². The van der Waals surface area contributed by atoms with Crippen molar-refractivity contribution in [3.05, 3.63) is 23.8 Å². The van der Waals surface area contributed by atoms with Gasteiger partial charge in [0.15, 0.2) is 6.29 Å². The average Bonchev–Trinajstić information content (AvgIpc) is 3.15. The van der Waals surface area contributed by atoms with Gasteiger partial charge in [0, 0.05) is 29.5 Å². The van der Waals surface area contributed by atoms with Gasteiger partial charge in [-0.25, -0.2) is 0 Å². The third kappa shape index (κ3) is 3.16. The highest BCUT2D eigenvalue weighted by atomic mass is 32.2. The molecule has 128 valence electrons. The molecule has 2 amide bonds. The van der Waals surface area contributed by atoms with Crippen molar-refractivity contribution in [1.29, 1.82) is 0 Å². The van der Waals surface area contributed by atoms with E-state index in [9.17, 15) is 9.59 Å². The van der Waals surface area contributed by atoms with Gasteiger partial charge in [-0.3, -0.25) is 9.59 Å². The number of fused-ring (bicyclic) bond motifs is 1. The van der Waals surface area contributed by atoms with Crippen LogP contribution < -0.4 is 5.32 Å². The van der Waals surface area contributed by atoms with Gasteiger partial charge in [-0.05, 0) is 31.0 Å². The summed E-state index contributed by atoms with van der Waals surface area (Å²) in [6.07, 6.45) is 1.69. The first kappa shape index (κ1) is 15.9. The molecule has 3 heterocycles. The van der Waals surface area contributed by atoms with Gasteiger partial charge in [0.25, 0.3) is 5.91 Å². The Bertz CT molecular complexity index is 652. The largest absolute Gasteiger partial charge is 0.350 e. The maximum absolute atomic E-state index is 12.7. The summed E-state index contributed by atoms with van der Waals surface area (Å²) in [6, 6.07) is 5.55. The first-order chi connectivity index (χ1) is 11.7. The molecular weight excluding hydrogens is 328 g/mol.